The van der Waals surface area contributed by atoms with Crippen LogP contribution in [-0.2, 0) is 17.7 Å². The molecule has 0 fully saturated rings. The normalized spacial score (nSPS) is 12.6. The predicted octanol–water partition coefficient (Wildman–Crippen LogP) is 9.12. The first-order chi connectivity index (χ1) is 15.1. The Morgan fingerprint density at radius 3 is 1.90 bits per heavy atom. The third-order valence-electron chi connectivity index (χ3n) is 6.44. The summed E-state index contributed by atoms with van der Waals surface area (Å²) in [5.41, 5.74) is 6.09. The molecule has 3 aromatic carbocycles. The smallest absolute Gasteiger partial charge is 0.0146 e. The molecule has 0 saturated heterocycles. The fraction of sp³-hybridized carbons (Fsp3) is 0.448. The fourth-order valence-corrected chi connectivity index (χ4v) is 6.92. The van der Waals surface area contributed by atoms with E-state index in [2.05, 4.69) is 88.4 Å². The third-order valence-corrected chi connectivity index (χ3v) is 9.12. The van der Waals surface area contributed by atoms with Crippen LogP contribution in [0.3, 0.4) is 0 Å². The topological polar surface area (TPSA) is 0 Å². The third kappa shape index (κ3) is 6.63. The molecule has 31 heavy (non-hydrogen) atoms. The van der Waals surface area contributed by atoms with Gasteiger partial charge < -0.3 is 0 Å². The maximum atomic E-state index is 2.55. The van der Waals surface area contributed by atoms with Crippen molar-refractivity contribution in [3.63, 3.8) is 0 Å². The van der Waals surface area contributed by atoms with Gasteiger partial charge in [0.05, 0.1) is 0 Å². The zero-order chi connectivity index (χ0) is 22.1. The van der Waals surface area contributed by atoms with Gasteiger partial charge in [-0.25, -0.2) is 0 Å². The predicted molar refractivity (Wildman–Crippen MR) is 146 cm³/mol. The molecule has 0 aliphatic rings. The van der Waals surface area contributed by atoms with E-state index in [1.807, 2.05) is 0 Å². The van der Waals surface area contributed by atoms with Crippen LogP contribution in [0.2, 0.25) is 0 Å². The van der Waals surface area contributed by atoms with Crippen LogP contribution in [-0.4, -0.2) is 12.3 Å². The average Bonchev–Trinajstić information content (AvgIpc) is 2.79. The van der Waals surface area contributed by atoms with Gasteiger partial charge in [0, 0.05) is 5.41 Å². The molecule has 0 bridgehead atoms. The van der Waals surface area contributed by atoms with Gasteiger partial charge in [-0.15, -0.1) is 17.2 Å². The molecule has 3 aromatic rings. The molecule has 0 spiro atoms. The summed E-state index contributed by atoms with van der Waals surface area (Å²) in [6, 6.07) is 23.1. The molecule has 0 radical (unpaired) electrons. The highest BCUT2D eigenvalue weighted by molar-refractivity contribution is 7.37. The van der Waals surface area contributed by atoms with Crippen molar-refractivity contribution in [2.24, 2.45) is 0 Å². The molecule has 2 heteroatoms. The van der Waals surface area contributed by atoms with Crippen LogP contribution in [0.15, 0.2) is 60.7 Å². The molecular weight excluding hydrogens is 410 g/mol. The molecule has 2 atom stereocenters. The van der Waals surface area contributed by atoms with Crippen molar-refractivity contribution in [2.75, 3.05) is 12.3 Å². The van der Waals surface area contributed by atoms with Crippen LogP contribution in [0.1, 0.15) is 75.6 Å². The molecule has 0 N–H and O–H groups in total. The van der Waals surface area contributed by atoms with Crippen LogP contribution in [0, 0.1) is 0 Å². The van der Waals surface area contributed by atoms with E-state index in [1.54, 1.807) is 11.1 Å². The highest BCUT2D eigenvalue weighted by Gasteiger charge is 2.24. The van der Waals surface area contributed by atoms with Crippen LogP contribution < -0.4 is 0 Å². The van der Waals surface area contributed by atoms with Gasteiger partial charge in [-0.2, -0.15) is 0 Å². The van der Waals surface area contributed by atoms with Gasteiger partial charge in [0.25, 0.3) is 0 Å². The number of rotatable bonds is 12. The molecule has 0 nitrogen and oxygen atoms in total. The number of hydrogen-bond donors (Lipinski definition) is 0. The van der Waals surface area contributed by atoms with Crippen LogP contribution in [0.5, 0.6) is 0 Å². The molecule has 2 unspecified atom stereocenters. The summed E-state index contributed by atoms with van der Waals surface area (Å²) in [6.07, 6.45) is 10.7. The van der Waals surface area contributed by atoms with Gasteiger partial charge in [-0.3, -0.25) is 0 Å². The number of fused-ring (bicyclic) bond motifs is 1. The van der Waals surface area contributed by atoms with Crippen LogP contribution in [0.4, 0.5) is 0 Å². The van der Waals surface area contributed by atoms with Crippen LogP contribution >= 0.6 is 17.2 Å². The standard InChI is InChI=1S/C29H40P2/c1-5-7-17-30-21-25-14-16-28(20-26(25)22-31-18-8-6-2)29(3,4)27-15-13-23-11-9-10-12-24(23)19-27/h9-16,19-20,30-31H,5-8,17-18,21-22H2,1-4H3. The minimum absolute atomic E-state index is 0.00827. The molecule has 3 rings (SSSR count). The Kier molecular flexibility index (Phi) is 9.56. The van der Waals surface area contributed by atoms with Gasteiger partial charge in [0.1, 0.15) is 0 Å². The number of unbranched alkanes of at least 4 members (excludes halogenated alkanes) is 2. The highest BCUT2D eigenvalue weighted by Crippen LogP contribution is 2.36. The lowest BCUT2D eigenvalue weighted by molar-refractivity contribution is 0.640. The van der Waals surface area contributed by atoms with Crippen molar-refractivity contribution < 1.29 is 0 Å². The Hall–Kier alpha value is -1.22. The van der Waals surface area contributed by atoms with Crippen LogP contribution in [0.25, 0.3) is 10.8 Å². The van der Waals surface area contributed by atoms with Crippen molar-refractivity contribution in [3.8, 4) is 0 Å². The van der Waals surface area contributed by atoms with Crippen molar-refractivity contribution in [3.05, 3.63) is 82.9 Å². The van der Waals surface area contributed by atoms with Gasteiger partial charge in [0.2, 0.25) is 0 Å². The highest BCUT2D eigenvalue weighted by atomic mass is 31.1. The summed E-state index contributed by atoms with van der Waals surface area (Å²) in [4.78, 5) is 0. The van der Waals surface area contributed by atoms with Crippen molar-refractivity contribution in [1.82, 2.24) is 0 Å². The summed E-state index contributed by atoms with van der Waals surface area (Å²) in [5.74, 6) is 0. The first kappa shape index (κ1) is 24.4. The first-order valence-corrected chi connectivity index (χ1v) is 14.9. The summed E-state index contributed by atoms with van der Waals surface area (Å²) < 4.78 is 0. The molecule has 0 amide bonds. The van der Waals surface area contributed by atoms with E-state index in [4.69, 9.17) is 0 Å². The molecule has 0 aliphatic heterocycles. The Morgan fingerprint density at radius 1 is 0.645 bits per heavy atom. The molecule has 166 valence electrons. The largest absolute Gasteiger partial charge is 0.118 e. The van der Waals surface area contributed by atoms with Gasteiger partial charge in [0.15, 0.2) is 0 Å². The lowest BCUT2D eigenvalue weighted by Gasteiger charge is -2.28. The van der Waals surface area contributed by atoms with Crippen molar-refractivity contribution in [1.29, 1.82) is 0 Å². The van der Waals surface area contributed by atoms with E-state index in [0.29, 0.717) is 0 Å². The Labute approximate surface area is 194 Å². The molecule has 0 heterocycles. The SMILES string of the molecule is CCCCPCc1ccc(C(C)(C)c2ccc3ccccc3c2)cc1CPCCCC. The summed E-state index contributed by atoms with van der Waals surface area (Å²) in [6.45, 7) is 9.38. The van der Waals surface area contributed by atoms with E-state index >= 15 is 0 Å². The zero-order valence-electron chi connectivity index (χ0n) is 19.9. The first-order valence-electron chi connectivity index (χ1n) is 12.1. The summed E-state index contributed by atoms with van der Waals surface area (Å²) in [7, 11) is 2.12. The van der Waals surface area contributed by atoms with Gasteiger partial charge >= 0.3 is 0 Å². The number of hydrogen-bond acceptors (Lipinski definition) is 0. The Balaban J connectivity index is 1.86. The quantitative estimate of drug-likeness (QED) is 0.191. The molecule has 0 saturated carbocycles. The molecule has 0 aliphatic carbocycles. The minimum atomic E-state index is 0.00827. The van der Waals surface area contributed by atoms with E-state index in [-0.39, 0.29) is 5.41 Å². The second-order valence-electron chi connectivity index (χ2n) is 9.23. The minimum Gasteiger partial charge on any atom is -0.118 e. The van der Waals surface area contributed by atoms with E-state index < -0.39 is 0 Å². The fourth-order valence-electron chi connectivity index (χ4n) is 4.15. The van der Waals surface area contributed by atoms with Crippen molar-refractivity contribution >= 4 is 27.9 Å². The Bertz CT molecular complexity index is 958. The second kappa shape index (κ2) is 12.1. The van der Waals surface area contributed by atoms with E-state index in [9.17, 15) is 0 Å². The summed E-state index contributed by atoms with van der Waals surface area (Å²) >= 11 is 0. The van der Waals surface area contributed by atoms with Gasteiger partial charge in [-0.05, 0) is 70.5 Å². The molecule has 0 aromatic heterocycles. The van der Waals surface area contributed by atoms with E-state index in [0.717, 1.165) is 17.2 Å². The lowest BCUT2D eigenvalue weighted by atomic mass is 9.77. The Morgan fingerprint density at radius 2 is 1.23 bits per heavy atom. The van der Waals surface area contributed by atoms with Gasteiger partial charge in [-0.1, -0.05) is 101 Å². The average molecular weight is 451 g/mol. The monoisotopic (exact) mass is 450 g/mol. The maximum Gasteiger partial charge on any atom is 0.0146 e. The van der Waals surface area contributed by atoms with E-state index in [1.165, 1.54) is 72.2 Å². The summed E-state index contributed by atoms with van der Waals surface area (Å²) in [5, 5.41) is 2.66. The maximum absolute atomic E-state index is 2.55. The number of benzene rings is 3. The zero-order valence-corrected chi connectivity index (χ0v) is 21.9. The van der Waals surface area contributed by atoms with Crippen molar-refractivity contribution in [2.45, 2.75) is 71.1 Å². The molecular formula is C29H40P2. The second-order valence-corrected chi connectivity index (χ2v) is 11.9. The lowest BCUT2D eigenvalue weighted by Crippen LogP contribution is -2.19.